The van der Waals surface area contributed by atoms with Crippen molar-refractivity contribution in [1.29, 1.82) is 0 Å². The first-order valence-electron chi connectivity index (χ1n) is 16.1. The van der Waals surface area contributed by atoms with E-state index in [1.54, 1.807) is 42.7 Å². The summed E-state index contributed by atoms with van der Waals surface area (Å²) in [5, 5.41) is 6.07. The largest absolute Gasteiger partial charge is 0.447 e. The molecule has 0 radical (unpaired) electrons. The number of guanidine groups is 1. The maximum Gasteiger partial charge on any atom is 0.407 e. The van der Waals surface area contributed by atoms with Crippen molar-refractivity contribution >= 4 is 29.6 Å². The van der Waals surface area contributed by atoms with Crippen molar-refractivity contribution in [3.05, 3.63) is 89.2 Å². The molecule has 4 aromatic rings. The molecule has 0 spiro atoms. The van der Waals surface area contributed by atoms with E-state index in [4.69, 9.17) is 27.1 Å². The molecular formula is C35H38ClF4N9O3. The number of halogens is 5. The van der Waals surface area contributed by atoms with Crippen molar-refractivity contribution in [2.24, 2.45) is 16.1 Å². The molecule has 5 rings (SSSR count). The first-order valence-corrected chi connectivity index (χ1v) is 16.5. The van der Waals surface area contributed by atoms with Gasteiger partial charge in [0.25, 0.3) is 18.3 Å². The molecule has 0 unspecified atom stereocenters. The Hall–Kier alpha value is -5.12. The monoisotopic (exact) mass is 743 g/mol. The molecule has 12 nitrogen and oxygen atoms in total. The molecule has 3 heterocycles. The van der Waals surface area contributed by atoms with Gasteiger partial charge in [-0.25, -0.2) is 47.0 Å². The Bertz CT molecular complexity index is 1960. The van der Waals surface area contributed by atoms with Crippen LogP contribution in [-0.2, 0) is 15.1 Å². The Kier molecular flexibility index (Phi) is 10.4. The quantitative estimate of drug-likeness (QED) is 0.156. The Morgan fingerprint density at radius 1 is 1.02 bits per heavy atom. The lowest BCUT2D eigenvalue weighted by Crippen LogP contribution is -2.55. The van der Waals surface area contributed by atoms with Gasteiger partial charge in [0.2, 0.25) is 0 Å². The van der Waals surface area contributed by atoms with Gasteiger partial charge in [0, 0.05) is 24.9 Å². The lowest BCUT2D eigenvalue weighted by molar-refractivity contribution is -0.135. The van der Waals surface area contributed by atoms with E-state index in [1.807, 2.05) is 20.8 Å². The van der Waals surface area contributed by atoms with Crippen LogP contribution in [0.25, 0.3) is 17.1 Å². The Morgan fingerprint density at radius 3 is 2.27 bits per heavy atom. The van der Waals surface area contributed by atoms with Crippen molar-refractivity contribution in [3.63, 3.8) is 0 Å². The average Bonchev–Trinajstić information content (AvgIpc) is 3.64. The second-order valence-corrected chi connectivity index (χ2v) is 14.6. The summed E-state index contributed by atoms with van der Waals surface area (Å²) in [6.45, 7) is 8.09. The number of hydrogen-bond donors (Lipinski definition) is 2. The molecule has 3 N–H and O–H groups in total. The number of nitrogens with two attached hydrogens (primary N) is 1. The van der Waals surface area contributed by atoms with Gasteiger partial charge in [0.1, 0.15) is 18.5 Å². The molecule has 0 fully saturated rings. The third-order valence-corrected chi connectivity index (χ3v) is 8.97. The van der Waals surface area contributed by atoms with E-state index in [2.05, 4.69) is 25.4 Å². The summed E-state index contributed by atoms with van der Waals surface area (Å²) < 4.78 is 62.5. The lowest BCUT2D eigenvalue weighted by Gasteiger charge is -2.35. The normalized spacial score (nSPS) is 17.3. The molecule has 2 amide bonds. The summed E-state index contributed by atoms with van der Waals surface area (Å²) in [4.78, 5) is 46.0. The smallest absolute Gasteiger partial charge is 0.407 e. The fourth-order valence-electron chi connectivity index (χ4n) is 5.78. The van der Waals surface area contributed by atoms with Crippen LogP contribution in [0, 0.1) is 5.41 Å². The van der Waals surface area contributed by atoms with Crippen LogP contribution in [-0.4, -0.2) is 65.7 Å². The second-order valence-electron chi connectivity index (χ2n) is 14.2. The molecule has 2 aromatic heterocycles. The van der Waals surface area contributed by atoms with E-state index in [1.165, 1.54) is 18.2 Å². The molecule has 0 saturated carbocycles. The molecule has 0 saturated heterocycles. The minimum atomic E-state index is -3.33. The van der Waals surface area contributed by atoms with Gasteiger partial charge in [-0.15, -0.1) is 0 Å². The first-order chi connectivity index (χ1) is 24.2. The van der Waals surface area contributed by atoms with Gasteiger partial charge in [0.15, 0.2) is 23.1 Å². The van der Waals surface area contributed by atoms with Crippen LogP contribution < -0.4 is 11.1 Å². The Balaban J connectivity index is 1.59. The zero-order valence-corrected chi connectivity index (χ0v) is 30.0. The summed E-state index contributed by atoms with van der Waals surface area (Å²) in [6, 6.07) is 11.7. The molecular weight excluding hydrogens is 706 g/mol. The van der Waals surface area contributed by atoms with Gasteiger partial charge in [-0.2, -0.15) is 5.10 Å². The summed E-state index contributed by atoms with van der Waals surface area (Å²) in [7, 11) is 0. The van der Waals surface area contributed by atoms with Crippen molar-refractivity contribution in [1.82, 2.24) is 34.9 Å². The van der Waals surface area contributed by atoms with Crippen LogP contribution in [0.5, 0.6) is 0 Å². The summed E-state index contributed by atoms with van der Waals surface area (Å²) >= 11 is 6.45. The number of aliphatic imine (C=N–C) groups is 1. The number of ether oxygens (including phenoxy) is 1. The average molecular weight is 744 g/mol. The van der Waals surface area contributed by atoms with Crippen LogP contribution in [0.2, 0.25) is 5.02 Å². The minimum absolute atomic E-state index is 0.0134. The van der Waals surface area contributed by atoms with E-state index >= 15 is 0 Å². The molecule has 0 bridgehead atoms. The standard InChI is InChI=1S/C35H38ClF4N9O3/c1-32(2,3)18-35(22-11-8-20(9-12-22)27-42-14-7-15-43-27)29(50)48(30(41)46-35)25(17-52-31(51)47-33(4,5)34(6,39)40)21-10-13-23(36)24(16-21)49-28(26(37)38)44-19-45-49/h7-16,19,25-26H,17-18H2,1-6H3,(H2,41,46)(H,47,51)/t25-,35-/m1/s1. The van der Waals surface area contributed by atoms with Crippen molar-refractivity contribution in [2.75, 3.05) is 6.61 Å². The van der Waals surface area contributed by atoms with Crippen LogP contribution in [0.15, 0.2) is 72.2 Å². The highest BCUT2D eigenvalue weighted by atomic mass is 35.5. The van der Waals surface area contributed by atoms with Crippen molar-refractivity contribution in [3.8, 4) is 17.1 Å². The maximum absolute atomic E-state index is 14.9. The second kappa shape index (κ2) is 14.1. The first kappa shape index (κ1) is 38.1. The van der Waals surface area contributed by atoms with E-state index < -0.39 is 59.3 Å². The van der Waals surface area contributed by atoms with Crippen molar-refractivity contribution < 1.29 is 31.9 Å². The SMILES string of the molecule is CC(C)(C)C[C@]1(c2ccc(-c3ncccn3)cc2)N=C(N)N([C@H](COC(=O)NC(C)(C)C(C)(F)F)c2ccc(Cl)c(-n3ncnc3C(F)F)c2)C1=O. The van der Waals surface area contributed by atoms with Crippen LogP contribution >= 0.6 is 11.6 Å². The predicted octanol–water partition coefficient (Wildman–Crippen LogP) is 7.01. The molecule has 276 valence electrons. The van der Waals surface area contributed by atoms with Gasteiger partial charge in [-0.3, -0.25) is 9.69 Å². The van der Waals surface area contributed by atoms with E-state index in [-0.39, 0.29) is 28.7 Å². The fourth-order valence-corrected chi connectivity index (χ4v) is 5.97. The van der Waals surface area contributed by atoms with E-state index in [0.717, 1.165) is 29.8 Å². The number of alkyl carbamates (subject to hydrolysis) is 1. The number of rotatable bonds is 11. The Labute approximate surface area is 302 Å². The predicted molar refractivity (Wildman–Crippen MR) is 185 cm³/mol. The highest BCUT2D eigenvalue weighted by Gasteiger charge is 2.53. The number of carbonyl (C=O) groups is 2. The molecule has 2 atom stereocenters. The molecule has 52 heavy (non-hydrogen) atoms. The zero-order valence-electron chi connectivity index (χ0n) is 29.2. The van der Waals surface area contributed by atoms with E-state index in [0.29, 0.717) is 23.9 Å². The lowest BCUT2D eigenvalue weighted by atomic mass is 9.75. The zero-order chi connectivity index (χ0) is 38.2. The molecule has 1 aliphatic heterocycles. The Morgan fingerprint density at radius 2 is 1.67 bits per heavy atom. The number of nitrogens with zero attached hydrogens (tertiary/aromatic N) is 7. The van der Waals surface area contributed by atoms with Gasteiger partial charge >= 0.3 is 6.09 Å². The van der Waals surface area contributed by atoms with E-state index in [9.17, 15) is 27.2 Å². The van der Waals surface area contributed by atoms with Crippen LogP contribution in [0.1, 0.15) is 77.4 Å². The third-order valence-electron chi connectivity index (χ3n) is 8.65. The maximum atomic E-state index is 14.9. The third kappa shape index (κ3) is 7.71. The molecule has 1 aliphatic rings. The molecule has 0 aliphatic carbocycles. The number of nitrogens with one attached hydrogen (secondary N) is 1. The van der Waals surface area contributed by atoms with Crippen LogP contribution in [0.4, 0.5) is 22.4 Å². The highest BCUT2D eigenvalue weighted by Crippen LogP contribution is 2.45. The van der Waals surface area contributed by atoms with Gasteiger partial charge in [0.05, 0.1) is 16.8 Å². The van der Waals surface area contributed by atoms with Gasteiger partial charge in [-0.05, 0) is 55.0 Å². The van der Waals surface area contributed by atoms with Gasteiger partial charge in [-0.1, -0.05) is 62.7 Å². The highest BCUT2D eigenvalue weighted by molar-refractivity contribution is 6.32. The molecule has 17 heteroatoms. The number of alkyl halides is 4. The number of aromatic nitrogens is 5. The summed E-state index contributed by atoms with van der Waals surface area (Å²) in [6.07, 6.45) is 0.128. The van der Waals surface area contributed by atoms with Gasteiger partial charge < -0.3 is 15.8 Å². The van der Waals surface area contributed by atoms with Crippen molar-refractivity contribution in [2.45, 2.75) is 77.4 Å². The number of carbonyl (C=O) groups excluding carboxylic acids is 2. The minimum Gasteiger partial charge on any atom is -0.447 e. The topological polar surface area (TPSA) is 154 Å². The summed E-state index contributed by atoms with van der Waals surface area (Å²) in [5.74, 6) is -4.36. The number of benzene rings is 2. The molecule has 2 aromatic carbocycles. The fraction of sp³-hybridized carbons (Fsp3) is 0.400. The summed E-state index contributed by atoms with van der Waals surface area (Å²) in [5.41, 5.74) is 3.93. The number of amides is 2. The van der Waals surface area contributed by atoms with Crippen LogP contribution in [0.3, 0.4) is 0 Å². The number of hydrogen-bond acceptors (Lipinski definition) is 9.